The zero-order valence-corrected chi connectivity index (χ0v) is 14.4. The number of nitrogens with one attached hydrogen (secondary N) is 2. The molecule has 0 aliphatic rings. The second kappa shape index (κ2) is 11.5. The van der Waals surface area contributed by atoms with Gasteiger partial charge in [-0.25, -0.2) is 10.5 Å². The maximum Gasteiger partial charge on any atom is 0.282 e. The minimum Gasteiger partial charge on any atom is -0.361 e. The predicted molar refractivity (Wildman–Crippen MR) is 99.5 cm³/mol. The van der Waals surface area contributed by atoms with Crippen molar-refractivity contribution in [1.82, 2.24) is 4.98 Å². The average molecular weight is 406 g/mol. The van der Waals surface area contributed by atoms with Crippen molar-refractivity contribution >= 4 is 40.7 Å². The summed E-state index contributed by atoms with van der Waals surface area (Å²) in [6.07, 6.45) is 2.38. The maximum atomic E-state index is 10.6. The van der Waals surface area contributed by atoms with Crippen molar-refractivity contribution in [3.05, 3.63) is 74.5 Å². The summed E-state index contributed by atoms with van der Waals surface area (Å²) in [5.74, 6) is 0. The van der Waals surface area contributed by atoms with Crippen molar-refractivity contribution in [3.8, 4) is 0 Å². The van der Waals surface area contributed by atoms with E-state index in [1.165, 1.54) is 24.3 Å². The number of aromatic amines is 1. The molecule has 0 fully saturated rings. The van der Waals surface area contributed by atoms with Crippen LogP contribution in [0.25, 0.3) is 10.9 Å². The second-order valence-electron chi connectivity index (χ2n) is 4.93. The van der Waals surface area contributed by atoms with Crippen molar-refractivity contribution in [2.75, 3.05) is 5.32 Å². The SMILES string of the molecule is O=CNc1cccc([N+](=O)[O-])c1C=O.O=[N+]([O-])c1cccc2[nH]ccc12.OOO. The van der Waals surface area contributed by atoms with Crippen molar-refractivity contribution in [3.63, 3.8) is 0 Å². The Hall–Kier alpha value is -4.20. The van der Waals surface area contributed by atoms with E-state index in [9.17, 15) is 29.8 Å². The van der Waals surface area contributed by atoms with Crippen molar-refractivity contribution in [2.45, 2.75) is 0 Å². The summed E-state index contributed by atoms with van der Waals surface area (Å²) in [6, 6.07) is 10.7. The number of nitrogens with zero attached hydrogens (tertiary/aromatic N) is 2. The fraction of sp³-hybridized carbons (Fsp3) is 0. The highest BCUT2D eigenvalue weighted by molar-refractivity contribution is 5.93. The lowest BCUT2D eigenvalue weighted by Gasteiger charge is -2.02. The van der Waals surface area contributed by atoms with E-state index in [0.717, 1.165) is 5.52 Å². The van der Waals surface area contributed by atoms with Crippen LogP contribution < -0.4 is 5.32 Å². The van der Waals surface area contributed by atoms with Crippen molar-refractivity contribution in [1.29, 1.82) is 0 Å². The molecule has 0 atom stereocenters. The first kappa shape index (κ1) is 22.8. The number of nitro groups is 2. The number of non-ortho nitro benzene ring substituents is 1. The Bertz CT molecular complexity index is 1000. The Labute approximate surface area is 161 Å². The lowest BCUT2D eigenvalue weighted by Crippen LogP contribution is -2.01. The molecular weight excluding hydrogens is 392 g/mol. The number of carbonyl (C=O) groups is 2. The summed E-state index contributed by atoms with van der Waals surface area (Å²) in [5, 5.41) is 39.3. The number of anilines is 1. The lowest BCUT2D eigenvalue weighted by molar-refractivity contribution is -0.465. The molecule has 0 saturated heterocycles. The summed E-state index contributed by atoms with van der Waals surface area (Å²) in [4.78, 5) is 43.5. The minimum absolute atomic E-state index is 0.129. The fourth-order valence-corrected chi connectivity index (χ4v) is 2.25. The van der Waals surface area contributed by atoms with Gasteiger partial charge in [0, 0.05) is 18.3 Å². The topological polar surface area (TPSA) is 198 Å². The first-order valence-electron chi connectivity index (χ1n) is 7.49. The monoisotopic (exact) mass is 406 g/mol. The summed E-state index contributed by atoms with van der Waals surface area (Å²) in [6.45, 7) is 0. The molecular formula is C16H14N4O9. The van der Waals surface area contributed by atoms with Gasteiger partial charge in [0.05, 0.1) is 26.4 Å². The number of rotatable bonds is 5. The number of H-pyrrole nitrogens is 1. The normalized spacial score (nSPS) is 9.31. The van der Waals surface area contributed by atoms with Gasteiger partial charge in [-0.05, 0) is 18.2 Å². The van der Waals surface area contributed by atoms with Gasteiger partial charge in [0.2, 0.25) is 6.41 Å². The molecule has 0 spiro atoms. The molecule has 13 heteroatoms. The summed E-state index contributed by atoms with van der Waals surface area (Å²) in [7, 11) is 0. The Morgan fingerprint density at radius 2 is 1.55 bits per heavy atom. The van der Waals surface area contributed by atoms with Crippen LogP contribution >= 0.6 is 0 Å². The van der Waals surface area contributed by atoms with Crippen LogP contribution in [0, 0.1) is 20.2 Å². The molecule has 0 aliphatic carbocycles. The molecule has 3 aromatic rings. The van der Waals surface area contributed by atoms with E-state index < -0.39 is 4.92 Å². The van der Waals surface area contributed by atoms with Crippen LogP contribution in [0.15, 0.2) is 48.7 Å². The van der Waals surface area contributed by atoms with Crippen LogP contribution in [0.4, 0.5) is 17.1 Å². The average Bonchev–Trinajstić information content (AvgIpc) is 3.17. The van der Waals surface area contributed by atoms with Gasteiger partial charge in [-0.2, -0.15) is 0 Å². The zero-order valence-electron chi connectivity index (χ0n) is 14.4. The molecule has 0 saturated carbocycles. The van der Waals surface area contributed by atoms with Gasteiger partial charge in [0.1, 0.15) is 5.56 Å². The van der Waals surface area contributed by atoms with E-state index in [-0.39, 0.29) is 27.5 Å². The maximum absolute atomic E-state index is 10.6. The third kappa shape index (κ3) is 6.17. The third-order valence-corrected chi connectivity index (χ3v) is 3.38. The number of fused-ring (bicyclic) bond motifs is 1. The van der Waals surface area contributed by atoms with Crippen LogP contribution in [0.1, 0.15) is 10.4 Å². The number of carbonyl (C=O) groups excluding carboxylic acids is 2. The number of aldehydes is 1. The van der Waals surface area contributed by atoms with Crippen molar-refractivity contribution < 1.29 is 35.0 Å². The Kier molecular flexibility index (Phi) is 9.06. The van der Waals surface area contributed by atoms with Crippen LogP contribution in [0.2, 0.25) is 0 Å². The third-order valence-electron chi connectivity index (χ3n) is 3.38. The minimum atomic E-state index is -0.681. The Morgan fingerprint density at radius 1 is 0.966 bits per heavy atom. The van der Waals surface area contributed by atoms with Gasteiger partial charge in [-0.15, -0.1) is 0 Å². The fourth-order valence-electron chi connectivity index (χ4n) is 2.25. The van der Waals surface area contributed by atoms with Crippen LogP contribution in [-0.2, 0) is 9.83 Å². The van der Waals surface area contributed by atoms with Crippen molar-refractivity contribution in [2.24, 2.45) is 0 Å². The van der Waals surface area contributed by atoms with Gasteiger partial charge in [-0.1, -0.05) is 17.2 Å². The van der Waals surface area contributed by atoms with Gasteiger partial charge < -0.3 is 10.3 Å². The summed E-state index contributed by atoms with van der Waals surface area (Å²) in [5.41, 5.74) is 0.610. The first-order chi connectivity index (χ1) is 13.9. The van der Waals surface area contributed by atoms with E-state index in [0.29, 0.717) is 18.1 Å². The second-order valence-corrected chi connectivity index (χ2v) is 4.93. The molecule has 0 bridgehead atoms. The first-order valence-corrected chi connectivity index (χ1v) is 7.49. The number of amides is 1. The lowest BCUT2D eigenvalue weighted by atomic mass is 10.1. The smallest absolute Gasteiger partial charge is 0.282 e. The van der Waals surface area contributed by atoms with Gasteiger partial charge in [0.15, 0.2) is 6.29 Å². The quantitative estimate of drug-likeness (QED) is 0.213. The molecule has 1 heterocycles. The van der Waals surface area contributed by atoms with Crippen LogP contribution in [0.5, 0.6) is 0 Å². The highest BCUT2D eigenvalue weighted by Crippen LogP contribution is 2.24. The Morgan fingerprint density at radius 3 is 2.10 bits per heavy atom. The predicted octanol–water partition coefficient (Wildman–Crippen LogP) is 3.00. The molecule has 29 heavy (non-hydrogen) atoms. The molecule has 0 unspecified atom stereocenters. The van der Waals surface area contributed by atoms with E-state index in [1.54, 1.807) is 18.3 Å². The molecule has 1 aromatic heterocycles. The number of hydrogen-bond donors (Lipinski definition) is 4. The zero-order chi connectivity index (χ0) is 21.8. The van der Waals surface area contributed by atoms with Gasteiger partial charge in [0.25, 0.3) is 11.4 Å². The molecule has 0 radical (unpaired) electrons. The molecule has 2 aromatic carbocycles. The number of aromatic nitrogens is 1. The van der Waals surface area contributed by atoms with Gasteiger partial charge >= 0.3 is 0 Å². The molecule has 1 amide bonds. The molecule has 13 nitrogen and oxygen atoms in total. The number of hydrogen-bond acceptors (Lipinski definition) is 9. The Balaban J connectivity index is 0.000000257. The van der Waals surface area contributed by atoms with Crippen LogP contribution in [0.3, 0.4) is 0 Å². The standard InChI is InChI=1S/C8H6N2O4.C8H6N2O2.H2O3/c11-4-6-7(9-5-12)2-1-3-8(6)10(13)14;11-10(12)8-3-1-2-7-6(8)4-5-9-7;1-3-2/h1-5H,(H,9,12);1-5,9H;1-2H. The largest absolute Gasteiger partial charge is 0.361 e. The van der Waals surface area contributed by atoms with E-state index >= 15 is 0 Å². The van der Waals surface area contributed by atoms with E-state index in [1.807, 2.05) is 6.07 Å². The molecule has 152 valence electrons. The highest BCUT2D eigenvalue weighted by Gasteiger charge is 2.16. The number of benzene rings is 2. The van der Waals surface area contributed by atoms with Gasteiger partial charge in [-0.3, -0.25) is 29.8 Å². The summed E-state index contributed by atoms with van der Waals surface area (Å²) < 4.78 is 0. The van der Waals surface area contributed by atoms with E-state index in [4.69, 9.17) is 10.5 Å². The number of nitro benzene ring substituents is 2. The molecule has 3 rings (SSSR count). The molecule has 4 N–H and O–H groups in total. The molecule has 0 aliphatic heterocycles. The van der Waals surface area contributed by atoms with Crippen LogP contribution in [-0.4, -0.2) is 38.0 Å². The summed E-state index contributed by atoms with van der Waals surface area (Å²) >= 11 is 0. The van der Waals surface area contributed by atoms with E-state index in [2.05, 4.69) is 15.3 Å². The highest BCUT2D eigenvalue weighted by atomic mass is 17.4.